The highest BCUT2D eigenvalue weighted by Gasteiger charge is 2.17. The van der Waals surface area contributed by atoms with Crippen LogP contribution in [-0.4, -0.2) is 23.2 Å². The lowest BCUT2D eigenvalue weighted by atomic mass is 10.2. The van der Waals surface area contributed by atoms with Crippen LogP contribution in [0.25, 0.3) is 0 Å². The van der Waals surface area contributed by atoms with Crippen molar-refractivity contribution in [3.8, 4) is 0 Å². The Kier molecular flexibility index (Phi) is 3.98. The maximum Gasteiger partial charge on any atom is 0.265 e. The van der Waals surface area contributed by atoms with Gasteiger partial charge in [-0.1, -0.05) is 23.8 Å². The standard InChI is InChI=1S/C11H11ClN4O2S2/c1-16-6-8(5-14-16)20(17,18)15-10-3-2-7(11(13)19)4-9(10)12/h2-6,15H,1H3,(H2,13,19). The number of thiocarbonyl (C=S) groups is 1. The molecule has 0 saturated carbocycles. The number of halogens is 1. The average molecular weight is 331 g/mol. The van der Waals surface area contributed by atoms with Crippen molar-refractivity contribution in [3.63, 3.8) is 0 Å². The summed E-state index contributed by atoms with van der Waals surface area (Å²) in [7, 11) is -2.10. The van der Waals surface area contributed by atoms with Crippen LogP contribution in [0.15, 0.2) is 35.5 Å². The van der Waals surface area contributed by atoms with E-state index in [4.69, 9.17) is 29.6 Å². The zero-order valence-corrected chi connectivity index (χ0v) is 12.8. The van der Waals surface area contributed by atoms with Crippen molar-refractivity contribution in [1.82, 2.24) is 9.78 Å². The molecule has 0 atom stereocenters. The molecule has 2 aromatic rings. The normalized spacial score (nSPS) is 11.3. The number of nitrogens with two attached hydrogens (primary N) is 1. The molecule has 20 heavy (non-hydrogen) atoms. The number of hydrogen-bond acceptors (Lipinski definition) is 4. The Balaban J connectivity index is 2.32. The van der Waals surface area contributed by atoms with E-state index in [0.717, 1.165) is 0 Å². The molecule has 0 saturated heterocycles. The average Bonchev–Trinajstić information content (AvgIpc) is 2.79. The monoisotopic (exact) mass is 330 g/mol. The van der Waals surface area contributed by atoms with Crippen molar-refractivity contribution in [2.24, 2.45) is 12.8 Å². The number of sulfonamides is 1. The van der Waals surface area contributed by atoms with Crippen molar-refractivity contribution in [3.05, 3.63) is 41.2 Å². The van der Waals surface area contributed by atoms with Gasteiger partial charge in [-0.05, 0) is 18.2 Å². The van der Waals surface area contributed by atoms with E-state index in [1.807, 2.05) is 0 Å². The van der Waals surface area contributed by atoms with E-state index < -0.39 is 10.0 Å². The number of nitrogens with one attached hydrogen (secondary N) is 1. The van der Waals surface area contributed by atoms with E-state index in [1.165, 1.54) is 29.2 Å². The molecular weight excluding hydrogens is 320 g/mol. The summed E-state index contributed by atoms with van der Waals surface area (Å²) in [6.07, 6.45) is 2.64. The highest BCUT2D eigenvalue weighted by atomic mass is 35.5. The molecule has 0 bridgehead atoms. The summed E-state index contributed by atoms with van der Waals surface area (Å²) in [5.74, 6) is 0. The van der Waals surface area contributed by atoms with E-state index >= 15 is 0 Å². The number of nitrogens with zero attached hydrogens (tertiary/aromatic N) is 2. The molecule has 106 valence electrons. The van der Waals surface area contributed by atoms with Gasteiger partial charge in [0.15, 0.2) is 0 Å². The Bertz CT molecular complexity index is 770. The Morgan fingerprint density at radius 3 is 2.70 bits per heavy atom. The van der Waals surface area contributed by atoms with Gasteiger partial charge in [-0.25, -0.2) is 8.42 Å². The van der Waals surface area contributed by atoms with Crippen molar-refractivity contribution in [2.45, 2.75) is 4.90 Å². The second-order valence-electron chi connectivity index (χ2n) is 4.01. The molecule has 2 rings (SSSR count). The SMILES string of the molecule is Cn1cc(S(=O)(=O)Nc2ccc(C(N)=S)cc2Cl)cn1. The van der Waals surface area contributed by atoms with Crippen LogP contribution in [-0.2, 0) is 17.1 Å². The minimum absolute atomic E-state index is 0.0505. The van der Waals surface area contributed by atoms with Gasteiger partial charge in [-0.3, -0.25) is 9.40 Å². The molecular formula is C11H11ClN4O2S2. The van der Waals surface area contributed by atoms with Gasteiger partial charge in [0.25, 0.3) is 10.0 Å². The highest BCUT2D eigenvalue weighted by molar-refractivity contribution is 7.92. The first-order valence-electron chi connectivity index (χ1n) is 5.40. The fourth-order valence-electron chi connectivity index (χ4n) is 1.49. The molecule has 0 unspecified atom stereocenters. The topological polar surface area (TPSA) is 90.0 Å². The summed E-state index contributed by atoms with van der Waals surface area (Å²) in [5, 5.41) is 4.03. The van der Waals surface area contributed by atoms with Gasteiger partial charge in [-0.15, -0.1) is 0 Å². The quantitative estimate of drug-likeness (QED) is 0.829. The van der Waals surface area contributed by atoms with Gasteiger partial charge in [0, 0.05) is 18.8 Å². The Hall–Kier alpha value is -1.64. The van der Waals surface area contributed by atoms with Gasteiger partial charge in [0.1, 0.15) is 9.88 Å². The highest BCUT2D eigenvalue weighted by Crippen LogP contribution is 2.25. The molecule has 0 aliphatic heterocycles. The molecule has 1 aromatic heterocycles. The summed E-state index contributed by atoms with van der Waals surface area (Å²) < 4.78 is 28.0. The fourth-order valence-corrected chi connectivity index (χ4v) is 2.97. The zero-order chi connectivity index (χ0) is 14.9. The molecule has 0 aliphatic rings. The third-order valence-corrected chi connectivity index (χ3v) is 4.36. The second kappa shape index (κ2) is 5.39. The first-order chi connectivity index (χ1) is 9.29. The van der Waals surface area contributed by atoms with Crippen molar-refractivity contribution in [1.29, 1.82) is 0 Å². The fraction of sp³-hybridized carbons (Fsp3) is 0.0909. The maximum absolute atomic E-state index is 12.1. The van der Waals surface area contributed by atoms with Crippen LogP contribution in [0.4, 0.5) is 5.69 Å². The van der Waals surface area contributed by atoms with Crippen molar-refractivity contribution < 1.29 is 8.42 Å². The Morgan fingerprint density at radius 2 is 2.20 bits per heavy atom. The number of rotatable bonds is 4. The molecule has 0 spiro atoms. The molecule has 9 heteroatoms. The Labute approximate surface area is 126 Å². The van der Waals surface area contributed by atoms with Crippen LogP contribution < -0.4 is 10.5 Å². The third-order valence-electron chi connectivity index (χ3n) is 2.49. The summed E-state index contributed by atoms with van der Waals surface area (Å²) in [4.78, 5) is 0.239. The molecule has 0 fully saturated rings. The van der Waals surface area contributed by atoms with Crippen LogP contribution in [0.5, 0.6) is 0 Å². The minimum Gasteiger partial charge on any atom is -0.389 e. The van der Waals surface area contributed by atoms with E-state index in [9.17, 15) is 8.42 Å². The first-order valence-corrected chi connectivity index (χ1v) is 7.67. The van der Waals surface area contributed by atoms with Crippen LogP contribution in [0.2, 0.25) is 5.02 Å². The van der Waals surface area contributed by atoms with Crippen molar-refractivity contribution >= 4 is 44.5 Å². The summed E-state index contributed by atoms with van der Waals surface area (Å²) in [6.45, 7) is 0. The van der Waals surface area contributed by atoms with Crippen LogP contribution in [0.3, 0.4) is 0 Å². The Morgan fingerprint density at radius 1 is 1.50 bits per heavy atom. The smallest absolute Gasteiger partial charge is 0.265 e. The van der Waals surface area contributed by atoms with Crippen LogP contribution in [0.1, 0.15) is 5.56 Å². The number of benzene rings is 1. The molecule has 6 nitrogen and oxygen atoms in total. The summed E-state index contributed by atoms with van der Waals surface area (Å²) in [5.41, 5.74) is 6.29. The number of hydrogen-bond donors (Lipinski definition) is 2. The van der Waals surface area contributed by atoms with E-state index in [0.29, 0.717) is 5.56 Å². The van der Waals surface area contributed by atoms with Gasteiger partial charge >= 0.3 is 0 Å². The van der Waals surface area contributed by atoms with Gasteiger partial charge in [-0.2, -0.15) is 5.10 Å². The molecule has 1 aromatic carbocycles. The van der Waals surface area contributed by atoms with Gasteiger partial charge in [0.05, 0.1) is 16.9 Å². The van der Waals surface area contributed by atoms with Crippen molar-refractivity contribution in [2.75, 3.05) is 4.72 Å². The molecule has 3 N–H and O–H groups in total. The van der Waals surface area contributed by atoms with Crippen LogP contribution >= 0.6 is 23.8 Å². The predicted octanol–water partition coefficient (Wildman–Crippen LogP) is 1.51. The minimum atomic E-state index is -3.73. The zero-order valence-electron chi connectivity index (χ0n) is 10.4. The lowest BCUT2D eigenvalue weighted by molar-refractivity contribution is 0.601. The molecule has 0 radical (unpaired) electrons. The maximum atomic E-state index is 12.1. The number of aryl methyl sites for hydroxylation is 1. The second-order valence-corrected chi connectivity index (χ2v) is 6.54. The first kappa shape index (κ1) is 14.8. The number of anilines is 1. The van der Waals surface area contributed by atoms with E-state index in [2.05, 4.69) is 9.82 Å². The molecule has 1 heterocycles. The van der Waals surface area contributed by atoms with E-state index in [1.54, 1.807) is 13.1 Å². The summed E-state index contributed by atoms with van der Waals surface area (Å²) in [6, 6.07) is 4.60. The molecule has 0 aliphatic carbocycles. The predicted molar refractivity (Wildman–Crippen MR) is 81.4 cm³/mol. The number of aromatic nitrogens is 2. The van der Waals surface area contributed by atoms with Gasteiger partial charge < -0.3 is 5.73 Å². The van der Waals surface area contributed by atoms with Gasteiger partial charge in [0.2, 0.25) is 0 Å². The van der Waals surface area contributed by atoms with E-state index in [-0.39, 0.29) is 20.6 Å². The molecule has 0 amide bonds. The lowest BCUT2D eigenvalue weighted by Gasteiger charge is -2.09. The lowest BCUT2D eigenvalue weighted by Crippen LogP contribution is -2.14. The summed E-state index contributed by atoms with van der Waals surface area (Å²) >= 11 is 10.8. The van der Waals surface area contributed by atoms with Crippen LogP contribution in [0, 0.1) is 0 Å². The third kappa shape index (κ3) is 3.09. The largest absolute Gasteiger partial charge is 0.389 e.